The fourth-order valence-electron chi connectivity index (χ4n) is 1.30. The van der Waals surface area contributed by atoms with Gasteiger partial charge in [0.1, 0.15) is 11.9 Å². The third kappa shape index (κ3) is 3.55. The molecule has 0 aromatic carbocycles. The lowest BCUT2D eigenvalue weighted by Crippen LogP contribution is -2.13. The molecule has 15 heavy (non-hydrogen) atoms. The van der Waals surface area contributed by atoms with E-state index < -0.39 is 0 Å². The molecule has 0 spiro atoms. The number of aromatic nitrogens is 2. The summed E-state index contributed by atoms with van der Waals surface area (Å²) in [6, 6.07) is 1.94. The van der Waals surface area contributed by atoms with E-state index in [4.69, 9.17) is 5.26 Å². The second-order valence-electron chi connectivity index (χ2n) is 3.46. The van der Waals surface area contributed by atoms with Crippen molar-refractivity contribution < 1.29 is 0 Å². The minimum Gasteiger partial charge on any atom is -0.369 e. The van der Waals surface area contributed by atoms with Gasteiger partial charge in [0.15, 0.2) is 5.69 Å². The molecule has 1 aromatic rings. The van der Waals surface area contributed by atoms with Crippen molar-refractivity contribution in [2.45, 2.75) is 26.7 Å². The van der Waals surface area contributed by atoms with Crippen molar-refractivity contribution in [2.75, 3.05) is 11.9 Å². The van der Waals surface area contributed by atoms with Crippen LogP contribution in [0.15, 0.2) is 12.4 Å². The molecule has 4 nitrogen and oxygen atoms in total. The molecule has 0 atom stereocenters. The molecule has 1 heterocycles. The summed E-state index contributed by atoms with van der Waals surface area (Å²) in [5, 5.41) is 11.8. The van der Waals surface area contributed by atoms with Crippen LogP contribution in [0.3, 0.4) is 0 Å². The number of nitrogens with one attached hydrogen (secondary N) is 1. The van der Waals surface area contributed by atoms with Crippen molar-refractivity contribution in [1.82, 2.24) is 9.97 Å². The van der Waals surface area contributed by atoms with Crippen LogP contribution in [0.25, 0.3) is 0 Å². The quantitative estimate of drug-likeness (QED) is 0.798. The minimum absolute atomic E-state index is 0.350. The summed E-state index contributed by atoms with van der Waals surface area (Å²) in [5.74, 6) is 1.41. The van der Waals surface area contributed by atoms with E-state index in [-0.39, 0.29) is 0 Å². The van der Waals surface area contributed by atoms with Crippen LogP contribution in [-0.4, -0.2) is 16.5 Å². The molecule has 0 aliphatic heterocycles. The number of rotatable bonds is 5. The van der Waals surface area contributed by atoms with Crippen molar-refractivity contribution in [3.63, 3.8) is 0 Å². The van der Waals surface area contributed by atoms with Crippen LogP contribution in [0.2, 0.25) is 0 Å². The molecule has 0 aliphatic carbocycles. The second kappa shape index (κ2) is 5.97. The van der Waals surface area contributed by atoms with Crippen LogP contribution in [0.1, 0.15) is 32.4 Å². The lowest BCUT2D eigenvalue weighted by Gasteiger charge is -2.13. The smallest absolute Gasteiger partial charge is 0.158 e. The third-order valence-corrected chi connectivity index (χ3v) is 2.49. The zero-order chi connectivity index (χ0) is 11.1. The predicted molar refractivity (Wildman–Crippen MR) is 59.3 cm³/mol. The monoisotopic (exact) mass is 204 g/mol. The molecule has 0 fully saturated rings. The van der Waals surface area contributed by atoms with Gasteiger partial charge >= 0.3 is 0 Å². The molecule has 1 aromatic heterocycles. The van der Waals surface area contributed by atoms with E-state index in [0.717, 1.165) is 25.2 Å². The van der Waals surface area contributed by atoms with Crippen molar-refractivity contribution in [3.8, 4) is 6.07 Å². The van der Waals surface area contributed by atoms with Crippen LogP contribution >= 0.6 is 0 Å². The predicted octanol–water partition coefficient (Wildman–Crippen LogP) is 2.20. The Kier molecular flexibility index (Phi) is 4.55. The highest BCUT2D eigenvalue weighted by Crippen LogP contribution is 2.08. The summed E-state index contributed by atoms with van der Waals surface area (Å²) in [7, 11) is 0. The van der Waals surface area contributed by atoms with Crippen molar-refractivity contribution >= 4 is 5.82 Å². The molecular formula is C11H16N4. The van der Waals surface area contributed by atoms with Gasteiger partial charge in [-0.25, -0.2) is 9.97 Å². The van der Waals surface area contributed by atoms with Gasteiger partial charge in [-0.05, 0) is 5.92 Å². The SMILES string of the molecule is CCC(CC)CNc1cnc(C#N)cn1. The maximum atomic E-state index is 8.55. The molecule has 0 saturated heterocycles. The Morgan fingerprint density at radius 2 is 2.07 bits per heavy atom. The Morgan fingerprint density at radius 3 is 2.53 bits per heavy atom. The standard InChI is InChI=1S/C11H16N4/c1-3-9(4-2)6-14-11-8-13-10(5-12)7-15-11/h7-9H,3-4,6H2,1-2H3,(H,14,15). The number of anilines is 1. The normalized spacial score (nSPS) is 10.0. The Bertz CT molecular complexity index is 321. The topological polar surface area (TPSA) is 61.6 Å². The van der Waals surface area contributed by atoms with E-state index in [1.807, 2.05) is 6.07 Å². The van der Waals surface area contributed by atoms with Gasteiger partial charge in [-0.3, -0.25) is 0 Å². The zero-order valence-electron chi connectivity index (χ0n) is 9.20. The number of hydrogen-bond donors (Lipinski definition) is 1. The van der Waals surface area contributed by atoms with Gasteiger partial charge < -0.3 is 5.32 Å². The first-order chi connectivity index (χ1) is 7.30. The molecule has 0 amide bonds. The molecule has 80 valence electrons. The van der Waals surface area contributed by atoms with Crippen molar-refractivity contribution in [2.24, 2.45) is 5.92 Å². The minimum atomic E-state index is 0.350. The molecule has 0 unspecified atom stereocenters. The van der Waals surface area contributed by atoms with Crippen molar-refractivity contribution in [1.29, 1.82) is 5.26 Å². The van der Waals surface area contributed by atoms with Crippen LogP contribution in [0.5, 0.6) is 0 Å². The van der Waals surface area contributed by atoms with Crippen LogP contribution in [0, 0.1) is 17.2 Å². The highest BCUT2D eigenvalue weighted by atomic mass is 15.0. The van der Waals surface area contributed by atoms with Gasteiger partial charge in [0.05, 0.1) is 12.4 Å². The van der Waals surface area contributed by atoms with Crippen LogP contribution < -0.4 is 5.32 Å². The van der Waals surface area contributed by atoms with Gasteiger partial charge in [-0.2, -0.15) is 5.26 Å². The molecule has 0 radical (unpaired) electrons. The van der Waals surface area contributed by atoms with Crippen LogP contribution in [-0.2, 0) is 0 Å². The Labute approximate surface area is 90.4 Å². The van der Waals surface area contributed by atoms with Gasteiger partial charge in [-0.15, -0.1) is 0 Å². The van der Waals surface area contributed by atoms with Gasteiger partial charge in [0, 0.05) is 6.54 Å². The maximum absolute atomic E-state index is 8.55. The maximum Gasteiger partial charge on any atom is 0.158 e. The Hall–Kier alpha value is -1.63. The number of hydrogen-bond acceptors (Lipinski definition) is 4. The second-order valence-corrected chi connectivity index (χ2v) is 3.46. The fourth-order valence-corrected chi connectivity index (χ4v) is 1.30. The highest BCUT2D eigenvalue weighted by Gasteiger charge is 2.03. The van der Waals surface area contributed by atoms with E-state index in [1.54, 1.807) is 6.20 Å². The molecule has 1 N–H and O–H groups in total. The average Bonchev–Trinajstić information content (AvgIpc) is 2.31. The lowest BCUT2D eigenvalue weighted by atomic mass is 10.0. The molecule has 0 saturated carbocycles. The summed E-state index contributed by atoms with van der Waals surface area (Å²) in [6.07, 6.45) is 5.40. The van der Waals surface area contributed by atoms with E-state index in [9.17, 15) is 0 Å². The van der Waals surface area contributed by atoms with E-state index in [1.165, 1.54) is 6.20 Å². The third-order valence-electron chi connectivity index (χ3n) is 2.49. The average molecular weight is 204 g/mol. The first-order valence-electron chi connectivity index (χ1n) is 5.26. The zero-order valence-corrected chi connectivity index (χ0v) is 9.20. The van der Waals surface area contributed by atoms with Crippen LogP contribution in [0.4, 0.5) is 5.82 Å². The molecule has 0 bridgehead atoms. The largest absolute Gasteiger partial charge is 0.369 e. The van der Waals surface area contributed by atoms with Gasteiger partial charge in [-0.1, -0.05) is 26.7 Å². The number of nitrogens with zero attached hydrogens (tertiary/aromatic N) is 3. The fraction of sp³-hybridized carbons (Fsp3) is 0.545. The summed E-state index contributed by atoms with van der Waals surface area (Å²) < 4.78 is 0. The number of nitriles is 1. The summed E-state index contributed by atoms with van der Waals surface area (Å²) in [5.41, 5.74) is 0.350. The van der Waals surface area contributed by atoms with Crippen molar-refractivity contribution in [3.05, 3.63) is 18.1 Å². The van der Waals surface area contributed by atoms with E-state index in [2.05, 4.69) is 29.1 Å². The first-order valence-corrected chi connectivity index (χ1v) is 5.26. The summed E-state index contributed by atoms with van der Waals surface area (Å²) in [4.78, 5) is 8.03. The first kappa shape index (κ1) is 11.4. The molecule has 0 aliphatic rings. The molecular weight excluding hydrogens is 188 g/mol. The van der Waals surface area contributed by atoms with E-state index >= 15 is 0 Å². The van der Waals surface area contributed by atoms with Gasteiger partial charge in [0.25, 0.3) is 0 Å². The molecule has 1 rings (SSSR count). The summed E-state index contributed by atoms with van der Waals surface area (Å²) in [6.45, 7) is 5.27. The molecule has 4 heteroatoms. The lowest BCUT2D eigenvalue weighted by molar-refractivity contribution is 0.518. The van der Waals surface area contributed by atoms with Gasteiger partial charge in [0.2, 0.25) is 0 Å². The Balaban J connectivity index is 2.48. The van der Waals surface area contributed by atoms with E-state index in [0.29, 0.717) is 11.6 Å². The Morgan fingerprint density at radius 1 is 1.33 bits per heavy atom. The summed E-state index contributed by atoms with van der Waals surface area (Å²) >= 11 is 0. The highest BCUT2D eigenvalue weighted by molar-refractivity contribution is 5.32.